The monoisotopic (exact) mass is 450 g/mol. The van der Waals surface area contributed by atoms with Crippen molar-refractivity contribution in [1.29, 1.82) is 0 Å². The molecule has 1 unspecified atom stereocenters. The van der Waals surface area contributed by atoms with Crippen molar-refractivity contribution in [2.75, 3.05) is 0 Å². The number of benzene rings is 2. The van der Waals surface area contributed by atoms with Gasteiger partial charge in [0.2, 0.25) is 0 Å². The predicted octanol–water partition coefficient (Wildman–Crippen LogP) is 5.39. The van der Waals surface area contributed by atoms with E-state index in [4.69, 9.17) is 0 Å². The zero-order chi connectivity index (χ0) is 14.0. The SMILES string of the molecule is OC(Cc1ccc(Br)cc1F)c1cc(Br)cc(Br)c1. The van der Waals surface area contributed by atoms with Gasteiger partial charge < -0.3 is 5.11 Å². The van der Waals surface area contributed by atoms with Gasteiger partial charge in [0.1, 0.15) is 5.82 Å². The minimum absolute atomic E-state index is 0.238. The topological polar surface area (TPSA) is 20.2 Å². The third-order valence-electron chi connectivity index (χ3n) is 2.70. The lowest BCUT2D eigenvalue weighted by Gasteiger charge is -2.13. The highest BCUT2D eigenvalue weighted by Gasteiger charge is 2.13. The van der Waals surface area contributed by atoms with E-state index >= 15 is 0 Å². The Bertz CT molecular complexity index is 581. The highest BCUT2D eigenvalue weighted by atomic mass is 79.9. The minimum Gasteiger partial charge on any atom is -0.388 e. The van der Waals surface area contributed by atoms with Crippen LogP contribution in [0.1, 0.15) is 17.2 Å². The largest absolute Gasteiger partial charge is 0.388 e. The van der Waals surface area contributed by atoms with Crippen LogP contribution in [0.15, 0.2) is 49.8 Å². The summed E-state index contributed by atoms with van der Waals surface area (Å²) in [5.74, 6) is -0.317. The van der Waals surface area contributed by atoms with Gasteiger partial charge >= 0.3 is 0 Å². The Balaban J connectivity index is 2.22. The molecule has 0 heterocycles. The number of aliphatic hydroxyl groups excluding tert-OH is 1. The molecule has 0 saturated carbocycles. The van der Waals surface area contributed by atoms with Gasteiger partial charge in [-0.3, -0.25) is 0 Å². The second-order valence-electron chi connectivity index (χ2n) is 4.16. The van der Waals surface area contributed by atoms with Crippen LogP contribution in [-0.2, 0) is 6.42 Å². The Morgan fingerprint density at radius 2 is 1.58 bits per heavy atom. The van der Waals surface area contributed by atoms with Crippen molar-refractivity contribution >= 4 is 47.8 Å². The van der Waals surface area contributed by atoms with Crippen molar-refractivity contribution in [3.05, 3.63) is 66.8 Å². The number of hydrogen-bond donors (Lipinski definition) is 1. The van der Waals surface area contributed by atoms with Gasteiger partial charge in [-0.1, -0.05) is 53.9 Å². The maximum absolute atomic E-state index is 13.7. The van der Waals surface area contributed by atoms with Crippen molar-refractivity contribution < 1.29 is 9.50 Å². The maximum Gasteiger partial charge on any atom is 0.127 e. The van der Waals surface area contributed by atoms with Crippen LogP contribution in [0.5, 0.6) is 0 Å². The molecule has 1 N–H and O–H groups in total. The van der Waals surface area contributed by atoms with Crippen molar-refractivity contribution in [3.8, 4) is 0 Å². The predicted molar refractivity (Wildman–Crippen MR) is 84.6 cm³/mol. The zero-order valence-electron chi connectivity index (χ0n) is 9.71. The van der Waals surface area contributed by atoms with Gasteiger partial charge in [-0.05, 0) is 41.5 Å². The first kappa shape index (κ1) is 15.2. The molecule has 0 fully saturated rings. The fourth-order valence-corrected chi connectivity index (χ4v) is 3.44. The van der Waals surface area contributed by atoms with Crippen LogP contribution in [0.3, 0.4) is 0 Å². The van der Waals surface area contributed by atoms with E-state index in [1.807, 2.05) is 18.2 Å². The summed E-state index contributed by atoms with van der Waals surface area (Å²) in [7, 11) is 0. The van der Waals surface area contributed by atoms with Gasteiger partial charge in [-0.2, -0.15) is 0 Å². The zero-order valence-corrected chi connectivity index (χ0v) is 14.5. The Kier molecular flexibility index (Phi) is 5.17. The molecule has 1 atom stereocenters. The standard InChI is InChI=1S/C14H10Br3FO/c15-10-2-1-8(13(18)7-10)5-14(19)9-3-11(16)6-12(17)4-9/h1-4,6-7,14,19H,5H2. The van der Waals surface area contributed by atoms with Crippen molar-refractivity contribution in [1.82, 2.24) is 0 Å². The lowest BCUT2D eigenvalue weighted by molar-refractivity contribution is 0.177. The van der Waals surface area contributed by atoms with E-state index in [1.165, 1.54) is 6.07 Å². The van der Waals surface area contributed by atoms with E-state index in [2.05, 4.69) is 47.8 Å². The van der Waals surface area contributed by atoms with E-state index in [9.17, 15) is 9.50 Å². The molecular weight excluding hydrogens is 443 g/mol. The molecular formula is C14H10Br3FO. The second-order valence-corrected chi connectivity index (χ2v) is 6.91. The Labute approximate surface area is 136 Å². The molecule has 0 aliphatic heterocycles. The van der Waals surface area contributed by atoms with Crippen molar-refractivity contribution in [2.24, 2.45) is 0 Å². The molecule has 0 saturated heterocycles. The first-order chi connectivity index (χ1) is 8.95. The molecule has 2 rings (SSSR count). The third-order valence-corrected chi connectivity index (χ3v) is 4.11. The average molecular weight is 453 g/mol. The molecule has 0 aliphatic rings. The Morgan fingerprint density at radius 1 is 0.947 bits per heavy atom. The van der Waals surface area contributed by atoms with Crippen LogP contribution in [0.25, 0.3) is 0 Å². The van der Waals surface area contributed by atoms with E-state index in [0.29, 0.717) is 10.0 Å². The lowest BCUT2D eigenvalue weighted by Crippen LogP contribution is -2.03. The highest BCUT2D eigenvalue weighted by molar-refractivity contribution is 9.11. The van der Waals surface area contributed by atoms with Crippen LogP contribution < -0.4 is 0 Å². The number of rotatable bonds is 3. The van der Waals surface area contributed by atoms with Crippen molar-refractivity contribution in [2.45, 2.75) is 12.5 Å². The van der Waals surface area contributed by atoms with Crippen LogP contribution in [-0.4, -0.2) is 5.11 Å². The summed E-state index contributed by atoms with van der Waals surface area (Å²) in [6.07, 6.45) is -0.508. The summed E-state index contributed by atoms with van der Waals surface area (Å²) < 4.78 is 16.1. The quantitative estimate of drug-likeness (QED) is 0.662. The molecule has 0 spiro atoms. The van der Waals surface area contributed by atoms with E-state index in [1.54, 1.807) is 12.1 Å². The summed E-state index contributed by atoms with van der Waals surface area (Å²) in [5.41, 5.74) is 1.23. The summed E-state index contributed by atoms with van der Waals surface area (Å²) in [4.78, 5) is 0. The summed E-state index contributed by atoms with van der Waals surface area (Å²) in [5, 5.41) is 10.2. The molecule has 0 amide bonds. The van der Waals surface area contributed by atoms with Gasteiger partial charge in [-0.15, -0.1) is 0 Å². The molecule has 1 nitrogen and oxygen atoms in total. The molecule has 0 radical (unpaired) electrons. The number of hydrogen-bond acceptors (Lipinski definition) is 1. The number of aliphatic hydroxyl groups is 1. The second kappa shape index (κ2) is 6.48. The third kappa shape index (κ3) is 4.12. The summed E-state index contributed by atoms with van der Waals surface area (Å²) in [6.45, 7) is 0. The van der Waals surface area contributed by atoms with E-state index < -0.39 is 6.10 Å². The first-order valence-corrected chi connectivity index (χ1v) is 7.91. The smallest absolute Gasteiger partial charge is 0.127 e. The first-order valence-electron chi connectivity index (χ1n) is 5.53. The molecule has 0 aromatic heterocycles. The van der Waals surface area contributed by atoms with Gasteiger partial charge in [0.25, 0.3) is 0 Å². The Hall–Kier alpha value is -0.230. The van der Waals surface area contributed by atoms with Gasteiger partial charge in [-0.25, -0.2) is 4.39 Å². The molecule has 2 aromatic carbocycles. The van der Waals surface area contributed by atoms with E-state index in [0.717, 1.165) is 14.5 Å². The van der Waals surface area contributed by atoms with Crippen LogP contribution in [0.4, 0.5) is 4.39 Å². The van der Waals surface area contributed by atoms with E-state index in [-0.39, 0.29) is 12.2 Å². The maximum atomic E-state index is 13.7. The fourth-order valence-electron chi connectivity index (χ4n) is 1.78. The highest BCUT2D eigenvalue weighted by Crippen LogP contribution is 2.27. The molecule has 100 valence electrons. The lowest BCUT2D eigenvalue weighted by atomic mass is 10.0. The molecule has 0 aliphatic carbocycles. The fraction of sp³-hybridized carbons (Fsp3) is 0.143. The van der Waals surface area contributed by atoms with Crippen LogP contribution in [0, 0.1) is 5.82 Å². The minimum atomic E-state index is -0.746. The Morgan fingerprint density at radius 3 is 2.16 bits per heavy atom. The van der Waals surface area contributed by atoms with Crippen LogP contribution in [0.2, 0.25) is 0 Å². The van der Waals surface area contributed by atoms with Crippen LogP contribution >= 0.6 is 47.8 Å². The van der Waals surface area contributed by atoms with Gasteiger partial charge in [0.15, 0.2) is 0 Å². The molecule has 19 heavy (non-hydrogen) atoms. The normalized spacial score (nSPS) is 12.5. The van der Waals surface area contributed by atoms with Gasteiger partial charge in [0.05, 0.1) is 6.10 Å². The molecule has 5 heteroatoms. The number of halogens is 4. The summed E-state index contributed by atoms with van der Waals surface area (Å²) in [6, 6.07) is 10.4. The van der Waals surface area contributed by atoms with Gasteiger partial charge in [0, 0.05) is 19.8 Å². The molecule has 0 bridgehead atoms. The average Bonchev–Trinajstić information content (AvgIpc) is 2.31. The summed E-state index contributed by atoms with van der Waals surface area (Å²) >= 11 is 9.95. The van der Waals surface area contributed by atoms with Crippen molar-refractivity contribution in [3.63, 3.8) is 0 Å². The molecule has 2 aromatic rings.